The maximum atomic E-state index is 12.0. The van der Waals surface area contributed by atoms with Crippen molar-refractivity contribution in [3.63, 3.8) is 0 Å². The van der Waals surface area contributed by atoms with E-state index in [1.165, 1.54) is 12.1 Å². The number of hydrogen-bond donors (Lipinski definition) is 2. The molecule has 0 radical (unpaired) electrons. The number of nitrogens with zero attached hydrogens (tertiary/aromatic N) is 1. The molecule has 1 aliphatic rings. The Morgan fingerprint density at radius 1 is 1.48 bits per heavy atom. The second kappa shape index (κ2) is 8.12. The number of nitrogens with one attached hydrogen (secondary N) is 1. The first-order valence-corrected chi connectivity index (χ1v) is 7.33. The Bertz CT molecular complexity index is 565. The lowest BCUT2D eigenvalue weighted by Crippen LogP contribution is -2.53. The highest BCUT2D eigenvalue weighted by molar-refractivity contribution is 5.85. The number of ether oxygens (including phenoxy) is 1. The monoisotopic (exact) mass is 343 g/mol. The molecule has 1 atom stereocenters. The molecule has 23 heavy (non-hydrogen) atoms. The number of nitrogens with two attached hydrogens (primary N) is 1. The highest BCUT2D eigenvalue weighted by Crippen LogP contribution is 2.39. The van der Waals surface area contributed by atoms with E-state index in [1.807, 2.05) is 6.92 Å². The van der Waals surface area contributed by atoms with Crippen molar-refractivity contribution >= 4 is 24.0 Å². The Morgan fingerprint density at radius 2 is 2.13 bits per heavy atom. The number of rotatable bonds is 8. The number of amides is 1. The van der Waals surface area contributed by atoms with Crippen LogP contribution in [0.4, 0.5) is 5.69 Å². The van der Waals surface area contributed by atoms with Crippen molar-refractivity contribution in [1.29, 1.82) is 0 Å². The van der Waals surface area contributed by atoms with Crippen LogP contribution >= 0.6 is 12.4 Å². The van der Waals surface area contributed by atoms with Gasteiger partial charge < -0.3 is 15.8 Å². The van der Waals surface area contributed by atoms with E-state index < -0.39 is 4.92 Å². The van der Waals surface area contributed by atoms with Crippen molar-refractivity contribution in [2.24, 2.45) is 11.7 Å². The maximum Gasteiger partial charge on any atom is 0.310 e. The first kappa shape index (κ1) is 19.2. The molecule has 0 spiro atoms. The largest absolute Gasteiger partial charge is 0.486 e. The number of carbonyl (C=O) groups excluding carboxylic acids is 1. The molecule has 1 unspecified atom stereocenters. The fraction of sp³-hybridized carbons (Fsp3) is 0.533. The molecule has 1 saturated carbocycles. The number of nitro groups is 1. The van der Waals surface area contributed by atoms with Gasteiger partial charge in [0.15, 0.2) is 5.75 Å². The van der Waals surface area contributed by atoms with Crippen molar-refractivity contribution in [3.05, 3.63) is 34.4 Å². The summed E-state index contributed by atoms with van der Waals surface area (Å²) < 4.78 is 5.36. The summed E-state index contributed by atoms with van der Waals surface area (Å²) in [6, 6.07) is 6.11. The Kier molecular flexibility index (Phi) is 6.78. The Labute approximate surface area is 141 Å². The molecule has 0 aliphatic heterocycles. The first-order valence-electron chi connectivity index (χ1n) is 7.33. The molecule has 3 N–H and O–H groups in total. The molecule has 0 saturated heterocycles. The van der Waals surface area contributed by atoms with E-state index in [0.717, 1.165) is 12.8 Å². The lowest BCUT2D eigenvalue weighted by atomic mass is 9.96. The lowest BCUT2D eigenvalue weighted by Gasteiger charge is -2.29. The molecule has 0 aromatic heterocycles. The number of nitro benzene ring substituents is 1. The lowest BCUT2D eigenvalue weighted by molar-refractivity contribution is -0.385. The van der Waals surface area contributed by atoms with Crippen LogP contribution in [0, 0.1) is 16.0 Å². The van der Waals surface area contributed by atoms with E-state index in [4.69, 9.17) is 10.5 Å². The van der Waals surface area contributed by atoms with E-state index in [-0.39, 0.29) is 48.3 Å². The molecular weight excluding hydrogens is 322 g/mol. The second-order valence-electron chi connectivity index (χ2n) is 5.77. The fourth-order valence-electron chi connectivity index (χ4n) is 2.40. The Hall–Kier alpha value is -1.86. The van der Waals surface area contributed by atoms with Crippen molar-refractivity contribution in [1.82, 2.24) is 5.32 Å². The van der Waals surface area contributed by atoms with Gasteiger partial charge in [-0.3, -0.25) is 14.9 Å². The van der Waals surface area contributed by atoms with E-state index in [1.54, 1.807) is 12.1 Å². The minimum atomic E-state index is -0.506. The van der Waals surface area contributed by atoms with Crippen molar-refractivity contribution in [3.8, 4) is 5.75 Å². The summed E-state index contributed by atoms with van der Waals surface area (Å²) in [5.74, 6) is 0.458. The number of carbonyl (C=O) groups is 1. The SMILES string of the molecule is CC(CN)(NC(=O)CCOc1ccccc1[N+](=O)[O-])C1CC1.Cl. The predicted octanol–water partition coefficient (Wildman–Crippen LogP) is 2.03. The summed E-state index contributed by atoms with van der Waals surface area (Å²) in [5, 5.41) is 13.8. The van der Waals surface area contributed by atoms with Gasteiger partial charge >= 0.3 is 5.69 Å². The van der Waals surface area contributed by atoms with Gasteiger partial charge in [-0.2, -0.15) is 0 Å². The van der Waals surface area contributed by atoms with E-state index >= 15 is 0 Å². The van der Waals surface area contributed by atoms with Gasteiger partial charge in [-0.25, -0.2) is 0 Å². The topological polar surface area (TPSA) is 107 Å². The van der Waals surface area contributed by atoms with Crippen LogP contribution in [0.15, 0.2) is 24.3 Å². The summed E-state index contributed by atoms with van der Waals surface area (Å²) in [6.45, 7) is 2.43. The van der Waals surface area contributed by atoms with E-state index in [2.05, 4.69) is 5.32 Å². The highest BCUT2D eigenvalue weighted by Gasteiger charge is 2.41. The molecule has 0 bridgehead atoms. The number of para-hydroxylation sites is 2. The summed E-state index contributed by atoms with van der Waals surface area (Å²) in [6.07, 6.45) is 2.30. The molecule has 2 rings (SSSR count). The van der Waals surface area contributed by atoms with Gasteiger partial charge in [-0.15, -0.1) is 12.4 Å². The third-order valence-corrected chi connectivity index (χ3v) is 3.98. The molecule has 1 fully saturated rings. The van der Waals surface area contributed by atoms with Gasteiger partial charge in [-0.1, -0.05) is 12.1 Å². The van der Waals surface area contributed by atoms with Gasteiger partial charge in [0, 0.05) is 12.6 Å². The standard InChI is InChI=1S/C15H21N3O4.ClH/c1-15(10-16,11-6-7-11)17-14(19)8-9-22-13-5-3-2-4-12(13)18(20)21;/h2-5,11H,6-10,16H2,1H3,(H,17,19);1H. The van der Waals surface area contributed by atoms with Crippen molar-refractivity contribution in [2.45, 2.75) is 31.7 Å². The number of halogens is 1. The van der Waals surface area contributed by atoms with Gasteiger partial charge in [-0.05, 0) is 31.7 Å². The summed E-state index contributed by atoms with van der Waals surface area (Å²) in [7, 11) is 0. The summed E-state index contributed by atoms with van der Waals surface area (Å²) >= 11 is 0. The normalized spacial score (nSPS) is 15.9. The average Bonchev–Trinajstić information content (AvgIpc) is 3.32. The zero-order chi connectivity index (χ0) is 16.2. The van der Waals surface area contributed by atoms with Crippen molar-refractivity contribution in [2.75, 3.05) is 13.2 Å². The molecule has 1 aromatic rings. The maximum absolute atomic E-state index is 12.0. The van der Waals surface area contributed by atoms with Crippen LogP contribution in [0.5, 0.6) is 5.75 Å². The molecule has 128 valence electrons. The molecular formula is C15H22ClN3O4. The molecule has 1 aliphatic carbocycles. The van der Waals surface area contributed by atoms with E-state index in [0.29, 0.717) is 12.5 Å². The quantitative estimate of drug-likeness (QED) is 0.554. The van der Waals surface area contributed by atoms with Gasteiger partial charge in [0.05, 0.1) is 23.5 Å². The smallest absolute Gasteiger partial charge is 0.310 e. The summed E-state index contributed by atoms with van der Waals surface area (Å²) in [5.41, 5.74) is 5.28. The molecule has 1 amide bonds. The molecule has 7 nitrogen and oxygen atoms in total. The van der Waals surface area contributed by atoms with E-state index in [9.17, 15) is 14.9 Å². The van der Waals surface area contributed by atoms with Crippen LogP contribution in [0.1, 0.15) is 26.2 Å². The fourth-order valence-corrected chi connectivity index (χ4v) is 2.40. The second-order valence-corrected chi connectivity index (χ2v) is 5.77. The number of benzene rings is 1. The van der Waals surface area contributed by atoms with Gasteiger partial charge in [0.2, 0.25) is 5.91 Å². The Balaban J connectivity index is 0.00000264. The third kappa shape index (κ3) is 5.07. The molecule has 0 heterocycles. The van der Waals surface area contributed by atoms with Gasteiger partial charge in [0.1, 0.15) is 0 Å². The van der Waals surface area contributed by atoms with Crippen LogP contribution in [-0.2, 0) is 4.79 Å². The Morgan fingerprint density at radius 3 is 2.70 bits per heavy atom. The van der Waals surface area contributed by atoms with Crippen LogP contribution in [0.2, 0.25) is 0 Å². The third-order valence-electron chi connectivity index (χ3n) is 3.98. The first-order chi connectivity index (χ1) is 10.5. The molecule has 1 aromatic carbocycles. The van der Waals surface area contributed by atoms with Crippen molar-refractivity contribution < 1.29 is 14.5 Å². The minimum Gasteiger partial charge on any atom is -0.486 e. The highest BCUT2D eigenvalue weighted by atomic mass is 35.5. The van der Waals surface area contributed by atoms with Gasteiger partial charge in [0.25, 0.3) is 0 Å². The minimum absolute atomic E-state index is 0. The van der Waals surface area contributed by atoms with Crippen LogP contribution in [0.25, 0.3) is 0 Å². The average molecular weight is 344 g/mol. The predicted molar refractivity (Wildman–Crippen MR) is 88.8 cm³/mol. The van der Waals surface area contributed by atoms with Crippen LogP contribution in [0.3, 0.4) is 0 Å². The molecule has 8 heteroatoms. The van der Waals surface area contributed by atoms with Crippen LogP contribution < -0.4 is 15.8 Å². The zero-order valence-corrected chi connectivity index (χ0v) is 13.8. The number of hydrogen-bond acceptors (Lipinski definition) is 5. The summed E-state index contributed by atoms with van der Waals surface area (Å²) in [4.78, 5) is 22.3. The zero-order valence-electron chi connectivity index (χ0n) is 13.0. The van der Waals surface area contributed by atoms with Crippen LogP contribution in [-0.4, -0.2) is 29.5 Å².